The van der Waals surface area contributed by atoms with Gasteiger partial charge in [0, 0.05) is 118 Å². The van der Waals surface area contributed by atoms with Crippen LogP contribution in [0.25, 0.3) is 0 Å². The van der Waals surface area contributed by atoms with Gasteiger partial charge in [0.2, 0.25) is 64.4 Å². The van der Waals surface area contributed by atoms with E-state index in [1.165, 1.54) is 0 Å². The van der Waals surface area contributed by atoms with Crippen molar-refractivity contribution in [1.82, 2.24) is 26.6 Å². The lowest BCUT2D eigenvalue weighted by Gasteiger charge is -2.42. The van der Waals surface area contributed by atoms with Crippen LogP contribution in [0.4, 0.5) is 22.0 Å². The number of benzene rings is 1. The number of hydrogen-bond donors (Lipinski definition) is 9. The fraction of sp³-hybridized carbons (Fsp3) is 0.702. The molecule has 0 spiro atoms. The number of nitrogens with two attached hydrogens (primary N) is 2. The first kappa shape index (κ1) is 78.2. The maximum atomic E-state index is 14.1. The van der Waals surface area contributed by atoms with Gasteiger partial charge in [-0.1, -0.05) is 0 Å². The number of aldehydes is 1. The number of unbranched alkanes of at least 4 members (excludes halogenated alkanes) is 2. The highest BCUT2D eigenvalue weighted by atomic mass is 19.2. The Morgan fingerprint density at radius 2 is 0.890 bits per heavy atom. The van der Waals surface area contributed by atoms with Crippen molar-refractivity contribution in [2.24, 2.45) is 11.5 Å². The molecule has 2 heterocycles. The first-order valence-corrected chi connectivity index (χ1v) is 29.7. The molecule has 29 nitrogen and oxygen atoms in total. The molecule has 514 valence electrons. The Morgan fingerprint density at radius 3 is 1.27 bits per heavy atom. The lowest BCUT2D eigenvalue weighted by molar-refractivity contribution is -0.271. The number of nitrogens with one attached hydrogen (secondary N) is 5. The van der Waals surface area contributed by atoms with E-state index in [1.54, 1.807) is 0 Å². The highest BCUT2D eigenvalue weighted by Crippen LogP contribution is 2.31. The SMILES string of the molecule is CC(=O)OCC1OC(OCCCCC(=O)NCCCNC(=O)CCC(CCC=O)(CCC(=O)NCCCNC(=O)CCCCOC2OC(COC(C)=O)C(OC(C)=O)C(O)C2N)NC(=O)CCCC(=O)Oc2c(F)c(F)c(F)c(F)c2F)C(N)C(O)C1OC(C)=O. The highest BCUT2D eigenvalue weighted by Gasteiger charge is 2.48. The molecular formula is C57H84F5N7O22. The van der Waals surface area contributed by atoms with E-state index >= 15 is 0 Å². The molecule has 34 heteroatoms. The summed E-state index contributed by atoms with van der Waals surface area (Å²) in [6.45, 7) is 4.48. The molecular weight excluding hydrogens is 1230 g/mol. The fourth-order valence-electron chi connectivity index (χ4n) is 9.33. The van der Waals surface area contributed by atoms with Crippen LogP contribution in [0.5, 0.6) is 5.75 Å². The van der Waals surface area contributed by atoms with Crippen LogP contribution in [-0.4, -0.2) is 195 Å². The predicted molar refractivity (Wildman–Crippen MR) is 301 cm³/mol. The van der Waals surface area contributed by atoms with Gasteiger partial charge in [0.05, 0.1) is 12.1 Å². The van der Waals surface area contributed by atoms with Crippen molar-refractivity contribution in [2.75, 3.05) is 52.6 Å². The average molecular weight is 1310 g/mol. The van der Waals surface area contributed by atoms with E-state index in [-0.39, 0.29) is 135 Å². The Hall–Kier alpha value is -7.08. The van der Waals surface area contributed by atoms with Crippen LogP contribution in [0, 0.1) is 29.1 Å². The summed E-state index contributed by atoms with van der Waals surface area (Å²) < 4.78 is 117. The Balaban J connectivity index is 1.49. The van der Waals surface area contributed by atoms with Gasteiger partial charge in [0.15, 0.2) is 24.8 Å². The quantitative estimate of drug-likeness (QED) is 0.00622. The van der Waals surface area contributed by atoms with E-state index in [0.29, 0.717) is 32.0 Å². The van der Waals surface area contributed by atoms with Gasteiger partial charge in [0.25, 0.3) is 0 Å². The van der Waals surface area contributed by atoms with Crippen molar-refractivity contribution in [1.29, 1.82) is 0 Å². The van der Waals surface area contributed by atoms with Crippen LogP contribution in [0.2, 0.25) is 0 Å². The average Bonchev–Trinajstić information content (AvgIpc) is 0.899. The monoisotopic (exact) mass is 1310 g/mol. The molecule has 1 aromatic rings. The molecule has 11 N–H and O–H groups in total. The van der Waals surface area contributed by atoms with Crippen molar-refractivity contribution in [3.8, 4) is 5.75 Å². The minimum absolute atomic E-state index is 0.0541. The summed E-state index contributed by atoms with van der Waals surface area (Å²) in [4.78, 5) is 135. The van der Waals surface area contributed by atoms with Crippen LogP contribution in [0.3, 0.4) is 0 Å². The maximum absolute atomic E-state index is 14.1. The fourth-order valence-corrected chi connectivity index (χ4v) is 9.33. The third-order valence-corrected chi connectivity index (χ3v) is 14.1. The first-order valence-electron chi connectivity index (χ1n) is 29.7. The number of rotatable bonds is 41. The summed E-state index contributed by atoms with van der Waals surface area (Å²) in [6, 6.07) is -2.26. The normalized spacial score (nSPS) is 21.8. The van der Waals surface area contributed by atoms with Crippen molar-refractivity contribution in [3.63, 3.8) is 0 Å². The topological polar surface area (TPSA) is 423 Å². The van der Waals surface area contributed by atoms with Crippen LogP contribution in [0.15, 0.2) is 0 Å². The second kappa shape index (κ2) is 40.7. The molecule has 3 rings (SSSR count). The molecule has 2 saturated heterocycles. The summed E-state index contributed by atoms with van der Waals surface area (Å²) in [5.41, 5.74) is 10.8. The number of aliphatic hydroxyl groups is 2. The number of ether oxygens (including phenoxy) is 9. The second-order valence-electron chi connectivity index (χ2n) is 21.5. The van der Waals surface area contributed by atoms with E-state index < -0.39 is 162 Å². The number of amides is 5. The standard InChI is InChI=1S/C57H84F5N7O22/c1-31(71)85-29-35-52(87-33(3)73)50(81)48(63)55(89-35)83-27-7-5-13-37(75)65-22-11-24-67-39(77)17-20-57(19-10-26-70,69-41(79)15-9-16-42(80)91-54-46(61)44(59)43(58)45(60)47(54)62)21-18-40(78)68-25-12-23-66-38(76)14-6-8-28-84-56-49(64)51(82)53(88-34(4)74)36(90-56)30-86-32(2)72/h26,35-36,48-53,55-56,81-82H,5-25,27-30,63-64H2,1-4H3,(H,65,75)(H,66,76)(H,67,77)(H,68,78)(H,69,79). The molecule has 2 aliphatic heterocycles. The molecule has 0 bridgehead atoms. The lowest BCUT2D eigenvalue weighted by Crippen LogP contribution is -2.63. The van der Waals surface area contributed by atoms with Gasteiger partial charge in [0.1, 0.15) is 43.9 Å². The minimum Gasteiger partial charge on any atom is -0.463 e. The maximum Gasteiger partial charge on any atom is 0.311 e. The van der Waals surface area contributed by atoms with E-state index in [0.717, 1.165) is 27.7 Å². The first-order chi connectivity index (χ1) is 43.1. The zero-order chi connectivity index (χ0) is 67.8. The molecule has 1 aromatic carbocycles. The summed E-state index contributed by atoms with van der Waals surface area (Å²) in [6.07, 6.45) is -9.60. The van der Waals surface area contributed by atoms with Crippen LogP contribution < -0.4 is 42.8 Å². The van der Waals surface area contributed by atoms with Gasteiger partial charge in [-0.05, 0) is 64.2 Å². The van der Waals surface area contributed by atoms with Crippen LogP contribution in [0.1, 0.15) is 137 Å². The zero-order valence-corrected chi connectivity index (χ0v) is 51.1. The van der Waals surface area contributed by atoms with Gasteiger partial charge in [-0.15, -0.1) is 0 Å². The van der Waals surface area contributed by atoms with Crippen LogP contribution in [-0.2, 0) is 90.6 Å². The summed E-state index contributed by atoms with van der Waals surface area (Å²) in [7, 11) is 0. The Bertz CT molecular complexity index is 2470. The molecule has 10 unspecified atom stereocenters. The third-order valence-electron chi connectivity index (χ3n) is 14.1. The number of esters is 5. The van der Waals surface area contributed by atoms with Crippen molar-refractivity contribution in [3.05, 3.63) is 29.1 Å². The van der Waals surface area contributed by atoms with Gasteiger partial charge < -0.3 is 95.7 Å². The van der Waals surface area contributed by atoms with Gasteiger partial charge >= 0.3 is 29.8 Å². The molecule has 91 heavy (non-hydrogen) atoms. The van der Waals surface area contributed by atoms with Crippen molar-refractivity contribution >= 4 is 65.7 Å². The van der Waals surface area contributed by atoms with Gasteiger partial charge in [-0.2, -0.15) is 8.78 Å². The summed E-state index contributed by atoms with van der Waals surface area (Å²) >= 11 is 0. The summed E-state index contributed by atoms with van der Waals surface area (Å²) in [5.74, 6) is -20.4. The van der Waals surface area contributed by atoms with Crippen LogP contribution >= 0.6 is 0 Å². The molecule has 2 aliphatic rings. The second-order valence-corrected chi connectivity index (χ2v) is 21.5. The Kier molecular flexibility index (Phi) is 35.0. The van der Waals surface area contributed by atoms with E-state index in [4.69, 9.17) is 49.4 Å². The number of hydrogen-bond acceptors (Lipinski definition) is 24. The number of carbonyl (C=O) groups is 11. The van der Waals surface area contributed by atoms with Gasteiger partial charge in [-0.3, -0.25) is 47.9 Å². The summed E-state index contributed by atoms with van der Waals surface area (Å²) in [5, 5.41) is 35.0. The molecule has 10 atom stereocenters. The third kappa shape index (κ3) is 28.1. The number of halogens is 5. The lowest BCUT2D eigenvalue weighted by atomic mass is 9.83. The highest BCUT2D eigenvalue weighted by molar-refractivity contribution is 5.80. The molecule has 0 radical (unpaired) electrons. The Labute approximate surface area is 521 Å². The molecule has 0 aliphatic carbocycles. The molecule has 0 aromatic heterocycles. The largest absolute Gasteiger partial charge is 0.463 e. The van der Waals surface area contributed by atoms with Gasteiger partial charge in [-0.25, -0.2) is 13.2 Å². The predicted octanol–water partition coefficient (Wildman–Crippen LogP) is 0.287. The number of carbonyl (C=O) groups excluding carboxylic acids is 11. The zero-order valence-electron chi connectivity index (χ0n) is 51.1. The van der Waals surface area contributed by atoms with E-state index in [1.807, 2.05) is 0 Å². The van der Waals surface area contributed by atoms with E-state index in [9.17, 15) is 84.9 Å². The molecule has 0 saturated carbocycles. The van der Waals surface area contributed by atoms with E-state index in [2.05, 4.69) is 31.3 Å². The smallest absolute Gasteiger partial charge is 0.311 e. The molecule has 5 amide bonds. The number of aliphatic hydroxyl groups excluding tert-OH is 2. The minimum atomic E-state index is -2.47. The Morgan fingerprint density at radius 1 is 0.505 bits per heavy atom. The van der Waals surface area contributed by atoms with Crippen molar-refractivity contribution < 1.29 is 128 Å². The molecule has 2 fully saturated rings. The van der Waals surface area contributed by atoms with Crippen molar-refractivity contribution in [2.45, 2.75) is 204 Å².